The fourth-order valence-electron chi connectivity index (χ4n) is 2.34. The fourth-order valence-corrected chi connectivity index (χ4v) is 3.84. The quantitative estimate of drug-likeness (QED) is 0.300. The van der Waals surface area contributed by atoms with E-state index < -0.39 is 9.84 Å². The molecule has 152 valence electrons. The number of nitrogens with one attached hydrogen (secondary N) is 1. The van der Waals surface area contributed by atoms with Crippen LogP contribution in [0.2, 0.25) is 0 Å². The number of nitrogens with zero attached hydrogens (tertiary/aromatic N) is 3. The van der Waals surface area contributed by atoms with Gasteiger partial charge in [0.1, 0.15) is 9.84 Å². The largest absolute Gasteiger partial charge is 0.357 e. The number of aryl methyl sites for hydroxylation is 1. The molecule has 0 saturated heterocycles. The maximum Gasteiger partial charge on any atom is 0.194 e. The first-order valence-electron chi connectivity index (χ1n) is 8.41. The summed E-state index contributed by atoms with van der Waals surface area (Å²) in [7, 11) is 1.08. The smallest absolute Gasteiger partial charge is 0.194 e. The molecule has 0 aliphatic heterocycles. The topological polar surface area (TPSA) is 66.7 Å². The van der Waals surface area contributed by atoms with Gasteiger partial charge in [0, 0.05) is 49.8 Å². The lowest BCUT2D eigenvalue weighted by Crippen LogP contribution is -2.39. The minimum Gasteiger partial charge on any atom is -0.357 e. The standard InChI is InChI=1S/C17H31BrN4O2S.HI/c1-7-19-16(20-13-17(2,3)8-9-25(6,23)24)22(5)12-15-10-14(18)11-21(15)4;/h10-11H,7-9,12-13H2,1-6H3,(H,19,20);1H. The van der Waals surface area contributed by atoms with Crippen LogP contribution >= 0.6 is 39.9 Å². The number of guanidine groups is 1. The summed E-state index contributed by atoms with van der Waals surface area (Å²) in [4.78, 5) is 6.82. The molecule has 0 fully saturated rings. The van der Waals surface area contributed by atoms with Crippen LogP contribution in [0.3, 0.4) is 0 Å². The van der Waals surface area contributed by atoms with Crippen molar-refractivity contribution in [2.45, 2.75) is 33.7 Å². The Morgan fingerprint density at radius 3 is 2.50 bits per heavy atom. The molecule has 0 amide bonds. The van der Waals surface area contributed by atoms with Gasteiger partial charge in [0.2, 0.25) is 0 Å². The number of hydrogen-bond acceptors (Lipinski definition) is 3. The van der Waals surface area contributed by atoms with E-state index in [-0.39, 0.29) is 35.1 Å². The molecule has 0 unspecified atom stereocenters. The van der Waals surface area contributed by atoms with E-state index in [0.717, 1.165) is 23.5 Å². The Kier molecular flexibility index (Phi) is 10.8. The molecule has 0 radical (unpaired) electrons. The highest BCUT2D eigenvalue weighted by Gasteiger charge is 2.21. The van der Waals surface area contributed by atoms with Crippen molar-refractivity contribution in [1.29, 1.82) is 0 Å². The summed E-state index contributed by atoms with van der Waals surface area (Å²) in [6.07, 6.45) is 3.91. The molecule has 9 heteroatoms. The summed E-state index contributed by atoms with van der Waals surface area (Å²) in [6.45, 7) is 8.24. The van der Waals surface area contributed by atoms with Gasteiger partial charge >= 0.3 is 0 Å². The van der Waals surface area contributed by atoms with Crippen LogP contribution in [0.15, 0.2) is 21.7 Å². The molecular formula is C17H32BrIN4O2S. The van der Waals surface area contributed by atoms with Crippen molar-refractivity contribution >= 4 is 55.7 Å². The third kappa shape index (κ3) is 9.59. The van der Waals surface area contributed by atoms with Crippen molar-refractivity contribution in [2.75, 3.05) is 32.1 Å². The van der Waals surface area contributed by atoms with Gasteiger partial charge in [-0.2, -0.15) is 0 Å². The maximum atomic E-state index is 11.4. The minimum atomic E-state index is -2.95. The lowest BCUT2D eigenvalue weighted by molar-refractivity contribution is 0.361. The average Bonchev–Trinajstić information content (AvgIpc) is 2.78. The summed E-state index contributed by atoms with van der Waals surface area (Å²) in [5, 5.41) is 3.31. The van der Waals surface area contributed by atoms with Crippen LogP contribution in [-0.4, -0.2) is 56.0 Å². The van der Waals surface area contributed by atoms with Crippen LogP contribution in [0.25, 0.3) is 0 Å². The Morgan fingerprint density at radius 2 is 2.04 bits per heavy atom. The van der Waals surface area contributed by atoms with Gasteiger partial charge < -0.3 is 14.8 Å². The summed E-state index contributed by atoms with van der Waals surface area (Å²) in [6, 6.07) is 2.09. The zero-order valence-corrected chi connectivity index (χ0v) is 21.3. The molecule has 0 atom stereocenters. The SMILES string of the molecule is CCNC(=NCC(C)(C)CCS(C)(=O)=O)N(C)Cc1cc(Br)cn1C.I. The van der Waals surface area contributed by atoms with Crippen molar-refractivity contribution < 1.29 is 8.42 Å². The molecule has 0 aromatic carbocycles. The lowest BCUT2D eigenvalue weighted by atomic mass is 9.90. The van der Waals surface area contributed by atoms with Gasteiger partial charge in [0.15, 0.2) is 5.96 Å². The monoisotopic (exact) mass is 562 g/mol. The molecule has 0 spiro atoms. The van der Waals surface area contributed by atoms with E-state index in [0.29, 0.717) is 13.0 Å². The van der Waals surface area contributed by atoms with Crippen LogP contribution < -0.4 is 5.32 Å². The second-order valence-corrected chi connectivity index (χ2v) is 10.5. The molecular weight excluding hydrogens is 531 g/mol. The molecule has 6 nitrogen and oxygen atoms in total. The van der Waals surface area contributed by atoms with Gasteiger partial charge in [-0.05, 0) is 40.8 Å². The molecule has 1 aromatic heterocycles. The maximum absolute atomic E-state index is 11.4. The minimum absolute atomic E-state index is 0. The molecule has 1 N–H and O–H groups in total. The van der Waals surface area contributed by atoms with Crippen LogP contribution in [-0.2, 0) is 23.4 Å². The Bertz CT molecular complexity index is 702. The number of aliphatic imine (C=N–C) groups is 1. The Labute approximate surface area is 183 Å². The van der Waals surface area contributed by atoms with Crippen molar-refractivity contribution in [3.05, 3.63) is 22.4 Å². The summed E-state index contributed by atoms with van der Waals surface area (Å²) < 4.78 is 25.9. The number of sulfone groups is 1. The Hall–Kier alpha value is -0.290. The van der Waals surface area contributed by atoms with Crippen LogP contribution in [0.4, 0.5) is 0 Å². The number of rotatable bonds is 8. The predicted molar refractivity (Wildman–Crippen MR) is 124 cm³/mol. The second-order valence-electron chi connectivity index (χ2n) is 7.33. The fraction of sp³-hybridized carbons (Fsp3) is 0.706. The highest BCUT2D eigenvalue weighted by atomic mass is 127. The highest BCUT2D eigenvalue weighted by Crippen LogP contribution is 2.22. The van der Waals surface area contributed by atoms with E-state index >= 15 is 0 Å². The first-order chi connectivity index (χ1) is 11.4. The first kappa shape index (κ1) is 25.7. The number of halogens is 2. The molecule has 1 rings (SSSR count). The third-order valence-electron chi connectivity index (χ3n) is 3.98. The summed E-state index contributed by atoms with van der Waals surface area (Å²) >= 11 is 3.50. The van der Waals surface area contributed by atoms with E-state index in [2.05, 4.69) is 50.6 Å². The van der Waals surface area contributed by atoms with Gasteiger partial charge in [-0.15, -0.1) is 24.0 Å². The van der Waals surface area contributed by atoms with Crippen LogP contribution in [0.5, 0.6) is 0 Å². The molecule has 26 heavy (non-hydrogen) atoms. The highest BCUT2D eigenvalue weighted by molar-refractivity contribution is 14.0. The van der Waals surface area contributed by atoms with Gasteiger partial charge in [0.05, 0.1) is 12.3 Å². The summed E-state index contributed by atoms with van der Waals surface area (Å²) in [5.74, 6) is 1.02. The predicted octanol–water partition coefficient (Wildman–Crippen LogP) is 3.26. The summed E-state index contributed by atoms with van der Waals surface area (Å²) in [5.41, 5.74) is 1.01. The van der Waals surface area contributed by atoms with Crippen molar-refractivity contribution in [1.82, 2.24) is 14.8 Å². The van der Waals surface area contributed by atoms with E-state index in [4.69, 9.17) is 4.99 Å². The van der Waals surface area contributed by atoms with Crippen molar-refractivity contribution in [2.24, 2.45) is 17.5 Å². The normalized spacial score (nSPS) is 12.7. The van der Waals surface area contributed by atoms with Crippen LogP contribution in [0.1, 0.15) is 32.9 Å². The zero-order chi connectivity index (χ0) is 19.3. The Morgan fingerprint density at radius 1 is 1.42 bits per heavy atom. The van der Waals surface area contributed by atoms with E-state index in [1.54, 1.807) is 0 Å². The van der Waals surface area contributed by atoms with Gasteiger partial charge in [-0.1, -0.05) is 13.8 Å². The second kappa shape index (κ2) is 10.9. The van der Waals surface area contributed by atoms with E-state index in [9.17, 15) is 8.42 Å². The average molecular weight is 563 g/mol. The Balaban J connectivity index is 0.00000625. The van der Waals surface area contributed by atoms with Gasteiger partial charge in [0.25, 0.3) is 0 Å². The molecule has 0 aliphatic rings. The first-order valence-corrected chi connectivity index (χ1v) is 11.3. The molecule has 0 aliphatic carbocycles. The molecule has 0 saturated carbocycles. The molecule has 1 aromatic rings. The zero-order valence-electron chi connectivity index (χ0n) is 16.5. The van der Waals surface area contributed by atoms with E-state index in [1.165, 1.54) is 11.9 Å². The molecule has 0 bridgehead atoms. The van der Waals surface area contributed by atoms with E-state index in [1.807, 2.05) is 27.2 Å². The molecule has 1 heterocycles. The number of aromatic nitrogens is 1. The van der Waals surface area contributed by atoms with Gasteiger partial charge in [-0.25, -0.2) is 8.42 Å². The van der Waals surface area contributed by atoms with Crippen molar-refractivity contribution in [3.63, 3.8) is 0 Å². The van der Waals surface area contributed by atoms with Gasteiger partial charge in [-0.3, -0.25) is 4.99 Å². The van der Waals surface area contributed by atoms with Crippen LogP contribution in [0, 0.1) is 5.41 Å². The third-order valence-corrected chi connectivity index (χ3v) is 5.36. The lowest BCUT2D eigenvalue weighted by Gasteiger charge is -2.26. The van der Waals surface area contributed by atoms with Crippen molar-refractivity contribution in [3.8, 4) is 0 Å². The number of hydrogen-bond donors (Lipinski definition) is 1.